The Morgan fingerprint density at radius 1 is 0.944 bits per heavy atom. The largest absolute Gasteiger partial charge is 0.497 e. The zero-order valence-corrected chi connectivity index (χ0v) is 21.2. The molecule has 1 N–H and O–H groups in total. The minimum Gasteiger partial charge on any atom is -0.497 e. The van der Waals surface area contributed by atoms with Crippen molar-refractivity contribution in [3.05, 3.63) is 78.4 Å². The third-order valence-corrected chi connectivity index (χ3v) is 6.74. The first-order valence-corrected chi connectivity index (χ1v) is 12.8. The number of hydrogen-bond acceptors (Lipinski definition) is 7. The highest BCUT2D eigenvalue weighted by atomic mass is 32.2. The van der Waals surface area contributed by atoms with Crippen molar-refractivity contribution in [1.82, 2.24) is 5.43 Å². The summed E-state index contributed by atoms with van der Waals surface area (Å²) in [7, 11) is -2.54. The highest BCUT2D eigenvalue weighted by molar-refractivity contribution is 7.92. The second-order valence-corrected chi connectivity index (χ2v) is 9.25. The van der Waals surface area contributed by atoms with E-state index in [9.17, 15) is 13.2 Å². The molecule has 0 heterocycles. The van der Waals surface area contributed by atoms with E-state index >= 15 is 0 Å². The third kappa shape index (κ3) is 6.76. The SMILES string of the molecule is CCOc1ccc(/C=N\NC(=O)CN(c2ccccc2)S(=O)(=O)c2ccc(OC)cc2)cc1OCC. The molecule has 3 aromatic rings. The van der Waals surface area contributed by atoms with Gasteiger partial charge >= 0.3 is 0 Å². The Hall–Kier alpha value is -4.05. The summed E-state index contributed by atoms with van der Waals surface area (Å²) in [6.45, 7) is 4.25. The van der Waals surface area contributed by atoms with Crippen molar-refractivity contribution in [2.24, 2.45) is 5.10 Å². The van der Waals surface area contributed by atoms with Gasteiger partial charge in [0.25, 0.3) is 15.9 Å². The van der Waals surface area contributed by atoms with Crippen LogP contribution in [0.4, 0.5) is 5.69 Å². The second-order valence-electron chi connectivity index (χ2n) is 7.39. The quantitative estimate of drug-likeness (QED) is 0.293. The smallest absolute Gasteiger partial charge is 0.264 e. The molecule has 0 saturated carbocycles. The van der Waals surface area contributed by atoms with Crippen molar-refractivity contribution >= 4 is 27.8 Å². The molecule has 0 aliphatic heterocycles. The van der Waals surface area contributed by atoms with E-state index in [1.54, 1.807) is 60.7 Å². The predicted octanol–water partition coefficient (Wildman–Crippen LogP) is 3.84. The summed E-state index contributed by atoms with van der Waals surface area (Å²) in [5, 5.41) is 3.98. The van der Waals surface area contributed by atoms with Crippen molar-refractivity contribution < 1.29 is 27.4 Å². The van der Waals surface area contributed by atoms with Crippen LogP contribution in [0.1, 0.15) is 19.4 Å². The number of nitrogens with zero attached hydrogens (tertiary/aromatic N) is 2. The molecule has 0 fully saturated rings. The lowest BCUT2D eigenvalue weighted by atomic mass is 10.2. The van der Waals surface area contributed by atoms with Gasteiger partial charge in [-0.25, -0.2) is 13.8 Å². The van der Waals surface area contributed by atoms with Crippen LogP contribution in [0.2, 0.25) is 0 Å². The van der Waals surface area contributed by atoms with Crippen molar-refractivity contribution in [2.45, 2.75) is 18.7 Å². The molecule has 0 radical (unpaired) electrons. The van der Waals surface area contributed by atoms with Crippen LogP contribution in [0, 0.1) is 0 Å². The molecule has 190 valence electrons. The maximum absolute atomic E-state index is 13.4. The predicted molar refractivity (Wildman–Crippen MR) is 138 cm³/mol. The van der Waals surface area contributed by atoms with Gasteiger partial charge in [-0.1, -0.05) is 18.2 Å². The first-order chi connectivity index (χ1) is 17.4. The van der Waals surface area contributed by atoms with Gasteiger partial charge < -0.3 is 14.2 Å². The maximum atomic E-state index is 13.4. The van der Waals surface area contributed by atoms with Crippen LogP contribution in [-0.4, -0.2) is 47.4 Å². The summed E-state index contributed by atoms with van der Waals surface area (Å²) in [5.74, 6) is 1.09. The molecule has 9 nitrogen and oxygen atoms in total. The number of benzene rings is 3. The summed E-state index contributed by atoms with van der Waals surface area (Å²) in [5.41, 5.74) is 3.42. The molecule has 0 aromatic heterocycles. The fourth-order valence-electron chi connectivity index (χ4n) is 3.28. The van der Waals surface area contributed by atoms with Gasteiger partial charge in [0, 0.05) is 0 Å². The van der Waals surface area contributed by atoms with Gasteiger partial charge in [-0.2, -0.15) is 5.10 Å². The lowest BCUT2D eigenvalue weighted by Gasteiger charge is -2.23. The van der Waals surface area contributed by atoms with E-state index in [4.69, 9.17) is 14.2 Å². The van der Waals surface area contributed by atoms with Crippen LogP contribution >= 0.6 is 0 Å². The van der Waals surface area contributed by atoms with Crippen LogP contribution in [-0.2, 0) is 14.8 Å². The van der Waals surface area contributed by atoms with E-state index in [2.05, 4.69) is 10.5 Å². The van der Waals surface area contributed by atoms with Crippen LogP contribution < -0.4 is 23.9 Å². The minimum atomic E-state index is -4.04. The Labute approximate surface area is 211 Å². The first-order valence-electron chi connectivity index (χ1n) is 11.3. The fourth-order valence-corrected chi connectivity index (χ4v) is 4.70. The van der Waals surface area contributed by atoms with Crippen molar-refractivity contribution in [2.75, 3.05) is 31.2 Å². The fraction of sp³-hybridized carbons (Fsp3) is 0.231. The average Bonchev–Trinajstić information content (AvgIpc) is 2.89. The van der Waals surface area contributed by atoms with Crippen LogP contribution in [0.15, 0.2) is 82.8 Å². The molecule has 36 heavy (non-hydrogen) atoms. The molecular weight excluding hydrogens is 482 g/mol. The first kappa shape index (κ1) is 26.6. The summed E-state index contributed by atoms with van der Waals surface area (Å²) in [6.07, 6.45) is 1.45. The highest BCUT2D eigenvalue weighted by Crippen LogP contribution is 2.28. The topological polar surface area (TPSA) is 107 Å². The Bertz CT molecular complexity index is 1280. The van der Waals surface area contributed by atoms with Gasteiger partial charge in [-0.05, 0) is 74.0 Å². The Morgan fingerprint density at radius 3 is 2.25 bits per heavy atom. The number of hydrogen-bond donors (Lipinski definition) is 1. The number of rotatable bonds is 12. The molecule has 1 amide bonds. The molecule has 0 aliphatic carbocycles. The van der Waals surface area contributed by atoms with Crippen LogP contribution in [0.25, 0.3) is 0 Å². The van der Waals surface area contributed by atoms with Crippen molar-refractivity contribution in [3.8, 4) is 17.2 Å². The number of carbonyl (C=O) groups is 1. The van der Waals surface area contributed by atoms with Gasteiger partial charge in [-0.15, -0.1) is 0 Å². The molecule has 0 spiro atoms. The van der Waals surface area contributed by atoms with E-state index in [-0.39, 0.29) is 4.90 Å². The number of sulfonamides is 1. The molecular formula is C26H29N3O6S. The molecule has 0 saturated heterocycles. The van der Waals surface area contributed by atoms with E-state index in [0.717, 1.165) is 4.31 Å². The maximum Gasteiger partial charge on any atom is 0.264 e. The number of methoxy groups -OCH3 is 1. The second kappa shape index (κ2) is 12.6. The zero-order valence-electron chi connectivity index (χ0n) is 20.4. The highest BCUT2D eigenvalue weighted by Gasteiger charge is 2.27. The Morgan fingerprint density at radius 2 is 1.61 bits per heavy atom. The van der Waals surface area contributed by atoms with E-state index in [1.807, 2.05) is 13.8 Å². The lowest BCUT2D eigenvalue weighted by Crippen LogP contribution is -2.39. The van der Waals surface area contributed by atoms with E-state index in [1.165, 1.54) is 25.5 Å². The molecule has 0 unspecified atom stereocenters. The van der Waals surface area contributed by atoms with Crippen LogP contribution in [0.5, 0.6) is 17.2 Å². The summed E-state index contributed by atoms with van der Waals surface area (Å²) in [6, 6.07) is 19.6. The number of ether oxygens (including phenoxy) is 3. The van der Waals surface area contributed by atoms with E-state index < -0.39 is 22.5 Å². The summed E-state index contributed by atoms with van der Waals surface area (Å²) >= 11 is 0. The number of para-hydroxylation sites is 1. The molecule has 10 heteroatoms. The molecule has 0 bridgehead atoms. The Kier molecular flexibility index (Phi) is 9.29. The van der Waals surface area contributed by atoms with Gasteiger partial charge in [0.1, 0.15) is 12.3 Å². The third-order valence-electron chi connectivity index (χ3n) is 4.95. The normalized spacial score (nSPS) is 11.2. The van der Waals surface area contributed by atoms with E-state index in [0.29, 0.717) is 41.7 Å². The minimum absolute atomic E-state index is 0.0290. The summed E-state index contributed by atoms with van der Waals surface area (Å²) in [4.78, 5) is 12.7. The van der Waals surface area contributed by atoms with Crippen molar-refractivity contribution in [3.63, 3.8) is 0 Å². The number of nitrogens with one attached hydrogen (secondary N) is 1. The molecule has 0 atom stereocenters. The zero-order chi connectivity index (χ0) is 26.0. The number of hydrazone groups is 1. The van der Waals surface area contributed by atoms with Crippen LogP contribution in [0.3, 0.4) is 0 Å². The standard InChI is InChI=1S/C26H29N3O6S/c1-4-34-24-16-11-20(17-25(24)35-5-2)18-27-28-26(30)19-29(21-9-7-6-8-10-21)36(31,32)23-14-12-22(33-3)13-15-23/h6-18H,4-5,19H2,1-3H3,(H,28,30)/b27-18-. The molecule has 3 aromatic carbocycles. The summed E-state index contributed by atoms with van der Waals surface area (Å²) < 4.78 is 44.1. The van der Waals surface area contributed by atoms with Gasteiger partial charge in [0.2, 0.25) is 0 Å². The lowest BCUT2D eigenvalue weighted by molar-refractivity contribution is -0.119. The van der Waals surface area contributed by atoms with Gasteiger partial charge in [0.15, 0.2) is 11.5 Å². The van der Waals surface area contributed by atoms with Crippen molar-refractivity contribution in [1.29, 1.82) is 0 Å². The molecule has 0 aliphatic rings. The monoisotopic (exact) mass is 511 g/mol. The van der Waals surface area contributed by atoms with Gasteiger partial charge in [0.05, 0.1) is 37.1 Å². The Balaban J connectivity index is 1.77. The molecule has 3 rings (SSSR count). The number of amides is 1. The van der Waals surface area contributed by atoms with Gasteiger partial charge in [-0.3, -0.25) is 9.10 Å². The number of carbonyl (C=O) groups excluding carboxylic acids is 1. The average molecular weight is 512 g/mol. The number of anilines is 1.